The predicted octanol–water partition coefficient (Wildman–Crippen LogP) is 3.97. The van der Waals surface area contributed by atoms with Crippen molar-refractivity contribution in [3.8, 4) is 5.75 Å². The Labute approximate surface area is 143 Å². The second-order valence-electron chi connectivity index (χ2n) is 5.61. The molecule has 1 amide bonds. The lowest BCUT2D eigenvalue weighted by Gasteiger charge is -2.12. The van der Waals surface area contributed by atoms with E-state index in [-0.39, 0.29) is 24.4 Å². The van der Waals surface area contributed by atoms with Gasteiger partial charge in [-0.3, -0.25) is 4.79 Å². The van der Waals surface area contributed by atoms with Gasteiger partial charge < -0.3 is 15.8 Å². The molecule has 0 aliphatic heterocycles. The molecule has 5 heteroatoms. The van der Waals surface area contributed by atoms with Gasteiger partial charge in [0.15, 0.2) is 0 Å². The molecular formula is C18H23ClN2O2. The van der Waals surface area contributed by atoms with Crippen LogP contribution in [0.25, 0.3) is 0 Å². The average Bonchev–Trinajstić information content (AvgIpc) is 2.42. The first kappa shape index (κ1) is 18.8. The zero-order valence-electron chi connectivity index (χ0n) is 13.6. The van der Waals surface area contributed by atoms with Crippen LogP contribution in [0.4, 0.5) is 11.4 Å². The number of nitrogens with one attached hydrogen (secondary N) is 1. The molecule has 4 nitrogen and oxygen atoms in total. The monoisotopic (exact) mass is 334 g/mol. The molecule has 124 valence electrons. The number of rotatable bonds is 5. The molecule has 0 saturated carbocycles. The fourth-order valence-corrected chi connectivity index (χ4v) is 2.16. The molecule has 0 atom stereocenters. The van der Waals surface area contributed by atoms with Crippen LogP contribution in [0.5, 0.6) is 5.75 Å². The average molecular weight is 335 g/mol. The molecule has 0 bridgehead atoms. The van der Waals surface area contributed by atoms with Crippen molar-refractivity contribution in [2.24, 2.45) is 0 Å². The van der Waals surface area contributed by atoms with Crippen molar-refractivity contribution in [1.29, 1.82) is 0 Å². The Morgan fingerprint density at radius 1 is 1.22 bits per heavy atom. The van der Waals surface area contributed by atoms with Crippen LogP contribution in [0.3, 0.4) is 0 Å². The van der Waals surface area contributed by atoms with Crippen molar-refractivity contribution >= 4 is 29.7 Å². The van der Waals surface area contributed by atoms with E-state index in [2.05, 4.69) is 5.32 Å². The first-order valence-electron chi connectivity index (χ1n) is 7.35. The van der Waals surface area contributed by atoms with Gasteiger partial charge >= 0.3 is 0 Å². The molecule has 3 N–H and O–H groups in total. The van der Waals surface area contributed by atoms with Crippen LogP contribution in [-0.2, 0) is 11.2 Å². The molecule has 0 aliphatic rings. The molecule has 2 aromatic rings. The normalized spacial score (nSPS) is 10.1. The molecule has 2 rings (SSSR count). The van der Waals surface area contributed by atoms with E-state index in [0.29, 0.717) is 12.1 Å². The summed E-state index contributed by atoms with van der Waals surface area (Å²) in [5, 5.41) is 2.90. The highest BCUT2D eigenvalue weighted by molar-refractivity contribution is 5.93. The smallest absolute Gasteiger partial charge is 0.228 e. The number of nitrogen functional groups attached to an aromatic ring is 1. The van der Waals surface area contributed by atoms with E-state index in [4.69, 9.17) is 10.5 Å². The highest BCUT2D eigenvalue weighted by Gasteiger charge is 2.08. The lowest BCUT2D eigenvalue weighted by molar-refractivity contribution is -0.115. The van der Waals surface area contributed by atoms with Gasteiger partial charge in [0, 0.05) is 11.4 Å². The van der Waals surface area contributed by atoms with Gasteiger partial charge in [-0.25, -0.2) is 0 Å². The van der Waals surface area contributed by atoms with Crippen LogP contribution >= 0.6 is 12.4 Å². The summed E-state index contributed by atoms with van der Waals surface area (Å²) in [6.07, 6.45) is 0.405. The van der Waals surface area contributed by atoms with E-state index in [0.717, 1.165) is 22.6 Å². The van der Waals surface area contributed by atoms with Crippen LogP contribution in [-0.4, -0.2) is 12.0 Å². The quantitative estimate of drug-likeness (QED) is 0.813. The number of aryl methyl sites for hydroxylation is 1. The van der Waals surface area contributed by atoms with Gasteiger partial charge in [-0.05, 0) is 56.2 Å². The largest absolute Gasteiger partial charge is 0.491 e. The fourth-order valence-electron chi connectivity index (χ4n) is 2.16. The summed E-state index contributed by atoms with van der Waals surface area (Å²) in [4.78, 5) is 12.2. The molecule has 0 fully saturated rings. The van der Waals surface area contributed by atoms with Crippen molar-refractivity contribution in [2.45, 2.75) is 33.3 Å². The number of hydrogen-bond donors (Lipinski definition) is 2. The zero-order chi connectivity index (χ0) is 16.1. The Kier molecular flexibility index (Phi) is 6.91. The minimum absolute atomic E-state index is 0. The van der Waals surface area contributed by atoms with Crippen LogP contribution in [0.1, 0.15) is 25.0 Å². The van der Waals surface area contributed by atoms with Gasteiger partial charge in [-0.2, -0.15) is 0 Å². The number of benzene rings is 2. The van der Waals surface area contributed by atoms with Gasteiger partial charge in [0.1, 0.15) is 5.75 Å². The lowest BCUT2D eigenvalue weighted by Crippen LogP contribution is -2.15. The number of hydrogen-bond acceptors (Lipinski definition) is 3. The fraction of sp³-hybridized carbons (Fsp3) is 0.278. The third-order valence-electron chi connectivity index (χ3n) is 3.17. The topological polar surface area (TPSA) is 64.3 Å². The van der Waals surface area contributed by atoms with E-state index in [1.807, 2.05) is 57.2 Å². The lowest BCUT2D eigenvalue weighted by atomic mass is 10.1. The van der Waals surface area contributed by atoms with Gasteiger partial charge in [0.05, 0.1) is 12.5 Å². The van der Waals surface area contributed by atoms with E-state index < -0.39 is 0 Å². The zero-order valence-corrected chi connectivity index (χ0v) is 14.4. The van der Waals surface area contributed by atoms with Crippen molar-refractivity contribution < 1.29 is 9.53 Å². The maximum Gasteiger partial charge on any atom is 0.228 e. The molecular weight excluding hydrogens is 312 g/mol. The maximum absolute atomic E-state index is 12.2. The van der Waals surface area contributed by atoms with Gasteiger partial charge in [0.2, 0.25) is 5.91 Å². The Morgan fingerprint density at radius 2 is 1.96 bits per heavy atom. The molecule has 2 aromatic carbocycles. The molecule has 0 heterocycles. The minimum atomic E-state index is -0.0737. The second-order valence-corrected chi connectivity index (χ2v) is 5.61. The molecule has 0 spiro atoms. The van der Waals surface area contributed by atoms with Crippen molar-refractivity contribution in [2.75, 3.05) is 11.1 Å². The third kappa shape index (κ3) is 5.83. The highest BCUT2D eigenvalue weighted by atomic mass is 35.5. The van der Waals surface area contributed by atoms with E-state index >= 15 is 0 Å². The van der Waals surface area contributed by atoms with Gasteiger partial charge in [-0.15, -0.1) is 12.4 Å². The second kappa shape index (κ2) is 8.44. The number of carbonyl (C=O) groups is 1. The van der Waals surface area contributed by atoms with Crippen LogP contribution < -0.4 is 15.8 Å². The SMILES string of the molecule is Cc1ccc(N)cc1NC(=O)Cc1cccc(OC(C)C)c1.Cl. The third-order valence-corrected chi connectivity index (χ3v) is 3.17. The summed E-state index contributed by atoms with van der Waals surface area (Å²) in [5.41, 5.74) is 9.04. The number of nitrogens with two attached hydrogens (primary N) is 1. The first-order chi connectivity index (χ1) is 10.4. The first-order valence-corrected chi connectivity index (χ1v) is 7.35. The minimum Gasteiger partial charge on any atom is -0.491 e. The number of ether oxygens (including phenoxy) is 1. The Balaban J connectivity index is 0.00000264. The molecule has 0 saturated heterocycles. The van der Waals surface area contributed by atoms with Crippen LogP contribution in [0.2, 0.25) is 0 Å². The standard InChI is InChI=1S/C18H22N2O2.ClH/c1-12(2)22-16-6-4-5-14(9-16)10-18(21)20-17-11-15(19)8-7-13(17)3;/h4-9,11-12H,10,19H2,1-3H3,(H,20,21);1H. The van der Waals surface area contributed by atoms with Crippen molar-refractivity contribution in [3.05, 3.63) is 53.6 Å². The van der Waals surface area contributed by atoms with Crippen molar-refractivity contribution in [3.63, 3.8) is 0 Å². The molecule has 0 radical (unpaired) electrons. The Hall–Kier alpha value is -2.20. The molecule has 0 aliphatic carbocycles. The Morgan fingerprint density at radius 3 is 2.65 bits per heavy atom. The molecule has 23 heavy (non-hydrogen) atoms. The van der Waals surface area contributed by atoms with E-state index in [1.165, 1.54) is 0 Å². The number of carbonyl (C=O) groups excluding carboxylic acids is 1. The Bertz CT molecular complexity index is 672. The van der Waals surface area contributed by atoms with Gasteiger partial charge in [0.25, 0.3) is 0 Å². The highest BCUT2D eigenvalue weighted by Crippen LogP contribution is 2.19. The number of anilines is 2. The summed E-state index contributed by atoms with van der Waals surface area (Å²) in [7, 11) is 0. The summed E-state index contributed by atoms with van der Waals surface area (Å²) in [5.74, 6) is 0.704. The maximum atomic E-state index is 12.2. The summed E-state index contributed by atoms with van der Waals surface area (Å²) >= 11 is 0. The summed E-state index contributed by atoms with van der Waals surface area (Å²) < 4.78 is 5.64. The predicted molar refractivity (Wildman–Crippen MR) is 97.4 cm³/mol. The number of amides is 1. The number of halogens is 1. The van der Waals surface area contributed by atoms with Crippen LogP contribution in [0.15, 0.2) is 42.5 Å². The van der Waals surface area contributed by atoms with Gasteiger partial charge in [-0.1, -0.05) is 18.2 Å². The van der Waals surface area contributed by atoms with E-state index in [1.54, 1.807) is 6.07 Å². The molecule has 0 unspecified atom stereocenters. The summed E-state index contributed by atoms with van der Waals surface area (Å²) in [6.45, 7) is 5.89. The van der Waals surface area contributed by atoms with Crippen LogP contribution in [0, 0.1) is 6.92 Å². The van der Waals surface area contributed by atoms with E-state index in [9.17, 15) is 4.79 Å². The molecule has 0 aromatic heterocycles. The summed E-state index contributed by atoms with van der Waals surface area (Å²) in [6, 6.07) is 13.1. The van der Waals surface area contributed by atoms with Crippen molar-refractivity contribution in [1.82, 2.24) is 0 Å².